The first kappa shape index (κ1) is 86.5. The normalized spacial score (nSPS) is 12.7. The van der Waals surface area contributed by atoms with Crippen LogP contribution in [0.3, 0.4) is 0 Å². The van der Waals surface area contributed by atoms with Crippen molar-refractivity contribution in [1.82, 2.24) is 0 Å². The van der Waals surface area contributed by atoms with E-state index in [0.717, 1.165) is 73.9 Å². The van der Waals surface area contributed by atoms with E-state index in [0.29, 0.717) is 11.1 Å². The average Bonchev–Trinajstić information content (AvgIpc) is 1.49. The smallest absolute Gasteiger partial charge is 0.338 e. The Morgan fingerprint density at radius 2 is 0.591 bits per heavy atom. The van der Waals surface area contributed by atoms with Crippen molar-refractivity contribution < 1.29 is 19.1 Å². The number of carbonyl (C=O) groups is 2. The maximum atomic E-state index is 12.2. The molecule has 2 aliphatic rings. The van der Waals surface area contributed by atoms with Gasteiger partial charge in [-0.1, -0.05) is 344 Å². The molecular weight excluding hydrogens is 1820 g/mol. The van der Waals surface area contributed by atoms with Crippen LogP contribution < -0.4 is 0 Å². The zero-order valence-corrected chi connectivity index (χ0v) is 78.7. The number of ether oxygens (including phenoxy) is 2. The largest absolute Gasteiger partial charge is 0.465 e. The highest BCUT2D eigenvalue weighted by atomic mass is 79.9. The van der Waals surface area contributed by atoms with Gasteiger partial charge in [0, 0.05) is 73.5 Å². The number of halogens is 5. The van der Waals surface area contributed by atoms with Crippen LogP contribution in [0.4, 0.5) is 0 Å². The zero-order chi connectivity index (χ0) is 80.6. The molecule has 0 fully saturated rings. The number of thiophene rings is 4. The van der Waals surface area contributed by atoms with Crippen LogP contribution in [-0.4, -0.2) is 26.2 Å². The Balaban J connectivity index is 0.000000218. The minimum atomic E-state index is -0.508. The molecule has 13 aromatic rings. The summed E-state index contributed by atoms with van der Waals surface area (Å²) in [5.41, 5.74) is 23.1. The number of carbonyl (C=O) groups excluding carboxylic acids is 2. The molecule has 4 heterocycles. The lowest BCUT2D eigenvalue weighted by molar-refractivity contribution is 0.0592. The van der Waals surface area contributed by atoms with Crippen molar-refractivity contribution in [3.8, 4) is 41.8 Å². The highest BCUT2D eigenvalue weighted by molar-refractivity contribution is 9.11. The van der Waals surface area contributed by atoms with Gasteiger partial charge in [-0.3, -0.25) is 0 Å². The molecule has 9 aromatic carbocycles. The summed E-state index contributed by atoms with van der Waals surface area (Å²) in [7, 11) is 2.76. The number of esters is 2. The predicted octanol–water partition coefficient (Wildman–Crippen LogP) is 33.7. The van der Waals surface area contributed by atoms with Crippen LogP contribution in [0.25, 0.3) is 60.6 Å². The molecule has 0 radical (unpaired) electrons. The maximum absolute atomic E-state index is 12.2. The van der Waals surface area contributed by atoms with Crippen molar-refractivity contribution in [3.63, 3.8) is 0 Å². The van der Waals surface area contributed by atoms with Gasteiger partial charge in [-0.2, -0.15) is 0 Å². The van der Waals surface area contributed by atoms with E-state index >= 15 is 0 Å². The van der Waals surface area contributed by atoms with Crippen LogP contribution in [0.15, 0.2) is 229 Å². The Morgan fingerprint density at radius 1 is 0.304 bits per heavy atom. The fourth-order valence-corrected chi connectivity index (χ4v) is 24.8. The number of methoxy groups -OCH3 is 2. The number of hydrogen-bond acceptors (Lipinski definition) is 8. The van der Waals surface area contributed by atoms with Crippen molar-refractivity contribution in [2.45, 2.75) is 206 Å². The second-order valence-electron chi connectivity index (χ2n) is 30.9. The van der Waals surface area contributed by atoms with E-state index in [9.17, 15) is 9.59 Å². The summed E-state index contributed by atoms with van der Waals surface area (Å²) in [5, 5.41) is 0. The molecule has 0 saturated heterocycles. The summed E-state index contributed by atoms with van der Waals surface area (Å²) in [6, 6.07) is 77.8. The lowest BCUT2D eigenvalue weighted by atomic mass is 9.66. The molecule has 0 unspecified atom stereocenters. The molecule has 596 valence electrons. The van der Waals surface area contributed by atoms with Crippen molar-refractivity contribution in [2.24, 2.45) is 0 Å². The van der Waals surface area contributed by atoms with Gasteiger partial charge in [0.05, 0.1) is 45.6 Å². The van der Waals surface area contributed by atoms with Gasteiger partial charge in [-0.05, 0) is 209 Å². The molecule has 0 saturated carbocycles. The molecular formula is C102H105Br5O4S4. The van der Waals surface area contributed by atoms with Crippen LogP contribution in [0.2, 0.25) is 0 Å². The number of fused-ring (bicyclic) bond motifs is 10. The first-order valence-electron chi connectivity index (χ1n) is 41.7. The van der Waals surface area contributed by atoms with E-state index in [1.807, 2.05) is 24.3 Å². The minimum Gasteiger partial charge on any atom is -0.465 e. The summed E-state index contributed by atoms with van der Waals surface area (Å²) in [6.45, 7) is 11.5. The standard InChI is InChI=1S/C68H74Br2S2.C22H14Br2O4S2.C12H17Br/c1-5-9-13-17-25-47-29-21-33-51(41-47)67(52-34-22-30-48(42-52)26-18-14-10-6-2)59-45-55(69)37-39-57(59)63-61(67)65-66(71-63)62-64(72-65)58-40-38-56(70)46-60(58)68(62,53-35-23-31-49(43-53)27-19-15-11-7-3)54-36-24-32-50(44-54)28-20-16-12-8-4;1-27-21(25)15-7-11(23)3-5-13(15)17-9-19-20(29-17)10-18(30-19)14-6-4-12(24)8-16(14)22(26)28-2;1-2-3-4-5-7-11-8-6-9-12(13)10-11/h21-24,29-46H,5-20,25-28H2,1-4H3;3-10H,1-2H3;6,8-10H,2-5,7H2,1H3. The molecule has 0 atom stereocenters. The maximum Gasteiger partial charge on any atom is 0.338 e. The van der Waals surface area contributed by atoms with Gasteiger partial charge in [-0.15, -0.1) is 45.3 Å². The van der Waals surface area contributed by atoms with Gasteiger partial charge in [0.1, 0.15) is 0 Å². The second kappa shape index (κ2) is 41.1. The summed E-state index contributed by atoms with van der Waals surface area (Å²) >= 11 is 25.8. The molecule has 4 nitrogen and oxygen atoms in total. The molecule has 0 amide bonds. The number of rotatable bonds is 33. The number of aryl methyl sites for hydroxylation is 5. The van der Waals surface area contributed by atoms with Gasteiger partial charge in [0.25, 0.3) is 0 Å². The second-order valence-corrected chi connectivity index (χ2v) is 39.7. The number of unbranched alkanes of at least 4 members (excludes halogenated alkanes) is 15. The van der Waals surface area contributed by atoms with E-state index in [1.54, 1.807) is 34.8 Å². The van der Waals surface area contributed by atoms with Crippen molar-refractivity contribution >= 4 is 156 Å². The van der Waals surface area contributed by atoms with Gasteiger partial charge in [0.2, 0.25) is 0 Å². The third-order valence-electron chi connectivity index (χ3n) is 23.0. The van der Waals surface area contributed by atoms with E-state index in [-0.39, 0.29) is 11.9 Å². The quantitative estimate of drug-likeness (QED) is 0.0304. The lowest BCUT2D eigenvalue weighted by Gasteiger charge is -2.35. The monoisotopic (exact) mass is 1920 g/mol. The molecule has 115 heavy (non-hydrogen) atoms. The first-order chi connectivity index (χ1) is 56.1. The highest BCUT2D eigenvalue weighted by Gasteiger charge is 2.54. The summed E-state index contributed by atoms with van der Waals surface area (Å²) in [4.78, 5) is 29.3. The van der Waals surface area contributed by atoms with E-state index in [1.165, 1.54) is 256 Å². The average molecular weight is 1920 g/mol. The van der Waals surface area contributed by atoms with Crippen LogP contribution in [0.5, 0.6) is 0 Å². The fraction of sp³-hybridized carbons (Fsp3) is 0.333. The zero-order valence-electron chi connectivity index (χ0n) is 67.5. The van der Waals surface area contributed by atoms with E-state index in [2.05, 4.69) is 307 Å². The molecule has 15 rings (SSSR count). The van der Waals surface area contributed by atoms with Gasteiger partial charge in [0.15, 0.2) is 0 Å². The van der Waals surface area contributed by atoms with Gasteiger partial charge >= 0.3 is 11.9 Å². The Morgan fingerprint density at radius 3 is 0.896 bits per heavy atom. The summed E-state index contributed by atoms with van der Waals surface area (Å²) in [5.74, 6) is -0.748. The van der Waals surface area contributed by atoms with Gasteiger partial charge < -0.3 is 9.47 Å². The fourth-order valence-electron chi connectivity index (χ4n) is 17.3. The lowest BCUT2D eigenvalue weighted by Crippen LogP contribution is -2.29. The van der Waals surface area contributed by atoms with Crippen LogP contribution >= 0.6 is 125 Å². The minimum absolute atomic E-state index is 0.374. The van der Waals surface area contributed by atoms with Crippen LogP contribution in [0, 0.1) is 0 Å². The topological polar surface area (TPSA) is 52.6 Å². The summed E-state index contributed by atoms with van der Waals surface area (Å²) < 4.78 is 20.1. The Hall–Kier alpha value is -6.36. The van der Waals surface area contributed by atoms with Crippen molar-refractivity contribution in [2.75, 3.05) is 14.2 Å². The van der Waals surface area contributed by atoms with Gasteiger partial charge in [-0.25, -0.2) is 9.59 Å². The first-order valence-corrected chi connectivity index (χ1v) is 49.0. The molecule has 2 aliphatic carbocycles. The highest BCUT2D eigenvalue weighted by Crippen LogP contribution is 2.69. The Labute approximate surface area is 741 Å². The Bertz CT molecular complexity index is 5070. The van der Waals surface area contributed by atoms with E-state index < -0.39 is 10.8 Å². The van der Waals surface area contributed by atoms with Crippen molar-refractivity contribution in [3.05, 3.63) is 312 Å². The SMILES string of the molecule is CCCCCCc1cccc(Br)c1.CCCCCCc1cccc(C2(c3cccc(CCCCCC)c3)c3cc(Br)ccc3-c3sc4c5c(sc4c32)-c2ccc(Br)cc2C5(c2cccc(CCCCCC)c2)c2cccc(CCCCCC)c2)c1.COC(=O)c1cc(Br)ccc1-c1cc2sc(-c3ccc(Br)cc3C(=O)OC)cc2s1. The molecule has 0 N–H and O–H groups in total. The molecule has 13 heteroatoms. The summed E-state index contributed by atoms with van der Waals surface area (Å²) in [6.07, 6.45) is 31.2. The van der Waals surface area contributed by atoms with Crippen LogP contribution in [-0.2, 0) is 52.4 Å². The third-order valence-corrected chi connectivity index (χ3v) is 30.4. The Kier molecular flexibility index (Phi) is 30.9. The van der Waals surface area contributed by atoms with E-state index in [4.69, 9.17) is 9.47 Å². The number of benzene rings is 9. The third kappa shape index (κ3) is 19.3. The number of hydrogen-bond donors (Lipinski definition) is 0. The molecule has 4 aromatic heterocycles. The van der Waals surface area contributed by atoms with Crippen LogP contribution in [0.1, 0.15) is 256 Å². The predicted molar refractivity (Wildman–Crippen MR) is 512 cm³/mol. The van der Waals surface area contributed by atoms with Crippen molar-refractivity contribution in [1.29, 1.82) is 0 Å². The molecule has 0 spiro atoms. The molecule has 0 bridgehead atoms. The molecule has 0 aliphatic heterocycles.